The van der Waals surface area contributed by atoms with Gasteiger partial charge in [0, 0.05) is 36.1 Å². The fraction of sp³-hybridized carbons (Fsp3) is 0.500. The number of ether oxygens (including phenoxy) is 1. The lowest BCUT2D eigenvalue weighted by Crippen LogP contribution is -2.46. The van der Waals surface area contributed by atoms with Gasteiger partial charge < -0.3 is 10.1 Å². The second kappa shape index (κ2) is 6.93. The molecule has 1 saturated heterocycles. The van der Waals surface area contributed by atoms with Crippen LogP contribution in [0.25, 0.3) is 0 Å². The molecular formula is C14H20N2O2S. The smallest absolute Gasteiger partial charge is 0.251 e. The number of morpholine rings is 1. The van der Waals surface area contributed by atoms with Gasteiger partial charge in [0.05, 0.1) is 13.2 Å². The lowest BCUT2D eigenvalue weighted by atomic mass is 10.2. The van der Waals surface area contributed by atoms with E-state index in [1.807, 2.05) is 19.1 Å². The molecule has 1 aromatic rings. The number of rotatable bonds is 4. The van der Waals surface area contributed by atoms with Crippen molar-refractivity contribution in [3.8, 4) is 0 Å². The van der Waals surface area contributed by atoms with Gasteiger partial charge in [0.25, 0.3) is 5.91 Å². The van der Waals surface area contributed by atoms with Crippen molar-refractivity contribution in [1.82, 2.24) is 10.2 Å². The molecule has 0 bridgehead atoms. The van der Waals surface area contributed by atoms with E-state index < -0.39 is 0 Å². The van der Waals surface area contributed by atoms with Gasteiger partial charge in [-0.15, -0.1) is 12.6 Å². The highest BCUT2D eigenvalue weighted by Crippen LogP contribution is 2.09. The minimum Gasteiger partial charge on any atom is -0.379 e. The number of nitrogens with zero attached hydrogens (tertiary/aromatic N) is 1. The summed E-state index contributed by atoms with van der Waals surface area (Å²) in [7, 11) is 0. The topological polar surface area (TPSA) is 41.6 Å². The zero-order valence-corrected chi connectivity index (χ0v) is 12.0. The number of hydrogen-bond acceptors (Lipinski definition) is 4. The third-order valence-corrected chi connectivity index (χ3v) is 3.40. The van der Waals surface area contributed by atoms with Gasteiger partial charge in [-0.25, -0.2) is 0 Å². The lowest BCUT2D eigenvalue weighted by molar-refractivity contribution is 0.0342. The van der Waals surface area contributed by atoms with E-state index in [1.54, 1.807) is 12.1 Å². The molecule has 0 spiro atoms. The number of benzene rings is 1. The van der Waals surface area contributed by atoms with E-state index in [0.29, 0.717) is 5.56 Å². The number of thiol groups is 1. The molecule has 1 heterocycles. The summed E-state index contributed by atoms with van der Waals surface area (Å²) in [6, 6.07) is 7.39. The maximum absolute atomic E-state index is 12.1. The van der Waals surface area contributed by atoms with Gasteiger partial charge >= 0.3 is 0 Å². The van der Waals surface area contributed by atoms with Crippen LogP contribution in [0.1, 0.15) is 17.3 Å². The molecule has 4 nitrogen and oxygen atoms in total. The summed E-state index contributed by atoms with van der Waals surface area (Å²) in [5, 5.41) is 3.02. The van der Waals surface area contributed by atoms with Crippen LogP contribution in [0.15, 0.2) is 29.2 Å². The van der Waals surface area contributed by atoms with Gasteiger partial charge in [-0.3, -0.25) is 9.69 Å². The average molecular weight is 280 g/mol. The van der Waals surface area contributed by atoms with Crippen LogP contribution in [0.5, 0.6) is 0 Å². The van der Waals surface area contributed by atoms with E-state index in [1.165, 1.54) is 0 Å². The average Bonchev–Trinajstić information content (AvgIpc) is 2.39. The largest absolute Gasteiger partial charge is 0.379 e. The summed E-state index contributed by atoms with van der Waals surface area (Å²) in [6.45, 7) is 6.32. The van der Waals surface area contributed by atoms with E-state index in [2.05, 4.69) is 22.8 Å². The summed E-state index contributed by atoms with van der Waals surface area (Å²) in [5.41, 5.74) is 0.654. The van der Waals surface area contributed by atoms with Crippen molar-refractivity contribution in [3.63, 3.8) is 0 Å². The first-order valence-corrected chi connectivity index (χ1v) is 7.00. The first-order valence-electron chi connectivity index (χ1n) is 6.55. The van der Waals surface area contributed by atoms with Crippen LogP contribution in [0, 0.1) is 0 Å². The zero-order chi connectivity index (χ0) is 13.7. The second-order valence-corrected chi connectivity index (χ2v) is 5.35. The van der Waals surface area contributed by atoms with E-state index in [9.17, 15) is 4.79 Å². The Kier molecular flexibility index (Phi) is 5.24. The number of carbonyl (C=O) groups is 1. The second-order valence-electron chi connectivity index (χ2n) is 4.84. The molecular weight excluding hydrogens is 260 g/mol. The first-order chi connectivity index (χ1) is 9.15. The van der Waals surface area contributed by atoms with Gasteiger partial charge in [0.15, 0.2) is 0 Å². The standard InChI is InChI=1S/C14H20N2O2S/c1-11(10-16-5-7-18-8-6-16)15-14(17)12-3-2-4-13(19)9-12/h2-4,9,11,19H,5-8,10H2,1H3,(H,15,17). The van der Waals surface area contributed by atoms with Crippen molar-refractivity contribution in [3.05, 3.63) is 29.8 Å². The Bertz CT molecular complexity index is 433. The normalized spacial score (nSPS) is 18.0. The van der Waals surface area contributed by atoms with Crippen molar-refractivity contribution < 1.29 is 9.53 Å². The molecule has 1 fully saturated rings. The Labute approximate surface area is 119 Å². The molecule has 1 aliphatic heterocycles. The molecule has 5 heteroatoms. The molecule has 1 N–H and O–H groups in total. The molecule has 1 unspecified atom stereocenters. The molecule has 0 radical (unpaired) electrons. The van der Waals surface area contributed by atoms with Crippen molar-refractivity contribution >= 4 is 18.5 Å². The molecule has 1 aliphatic rings. The molecule has 1 aromatic carbocycles. The molecule has 19 heavy (non-hydrogen) atoms. The Morgan fingerprint density at radius 2 is 2.21 bits per heavy atom. The molecule has 0 aromatic heterocycles. The van der Waals surface area contributed by atoms with Gasteiger partial charge in [0.1, 0.15) is 0 Å². The van der Waals surface area contributed by atoms with E-state index >= 15 is 0 Å². The Hall–Kier alpha value is -1.04. The van der Waals surface area contributed by atoms with Crippen LogP contribution in [0.4, 0.5) is 0 Å². The van der Waals surface area contributed by atoms with E-state index in [0.717, 1.165) is 37.7 Å². The fourth-order valence-corrected chi connectivity index (χ4v) is 2.40. The van der Waals surface area contributed by atoms with E-state index in [-0.39, 0.29) is 11.9 Å². The molecule has 0 saturated carbocycles. The Morgan fingerprint density at radius 3 is 2.89 bits per heavy atom. The number of nitrogens with one attached hydrogen (secondary N) is 1. The monoisotopic (exact) mass is 280 g/mol. The highest BCUT2D eigenvalue weighted by molar-refractivity contribution is 7.80. The highest BCUT2D eigenvalue weighted by atomic mass is 32.1. The van der Waals surface area contributed by atoms with Crippen LogP contribution >= 0.6 is 12.6 Å². The predicted molar refractivity (Wildman–Crippen MR) is 77.9 cm³/mol. The third-order valence-electron chi connectivity index (χ3n) is 3.12. The van der Waals surface area contributed by atoms with Crippen molar-refractivity contribution in [2.75, 3.05) is 32.8 Å². The maximum Gasteiger partial charge on any atom is 0.251 e. The molecule has 104 valence electrons. The molecule has 1 atom stereocenters. The first kappa shape index (κ1) is 14.4. The van der Waals surface area contributed by atoms with Gasteiger partial charge in [-0.2, -0.15) is 0 Å². The van der Waals surface area contributed by atoms with Gasteiger partial charge in [-0.1, -0.05) is 6.07 Å². The molecule has 0 aliphatic carbocycles. The Balaban J connectivity index is 1.84. The van der Waals surface area contributed by atoms with E-state index in [4.69, 9.17) is 4.74 Å². The third kappa shape index (κ3) is 4.53. The Morgan fingerprint density at radius 1 is 1.47 bits per heavy atom. The number of hydrogen-bond donors (Lipinski definition) is 2. The summed E-state index contributed by atoms with van der Waals surface area (Å²) in [6.07, 6.45) is 0. The van der Waals surface area contributed by atoms with Crippen LogP contribution in [0.3, 0.4) is 0 Å². The minimum atomic E-state index is -0.0448. The highest BCUT2D eigenvalue weighted by Gasteiger charge is 2.15. The fourth-order valence-electron chi connectivity index (χ4n) is 2.17. The summed E-state index contributed by atoms with van der Waals surface area (Å²) in [5.74, 6) is -0.0448. The summed E-state index contributed by atoms with van der Waals surface area (Å²) >= 11 is 4.24. The number of amides is 1. The zero-order valence-electron chi connectivity index (χ0n) is 11.1. The van der Waals surface area contributed by atoms with Crippen molar-refractivity contribution in [2.24, 2.45) is 0 Å². The predicted octanol–water partition coefficient (Wildman–Crippen LogP) is 1.43. The van der Waals surface area contributed by atoms with Gasteiger partial charge in [0.2, 0.25) is 0 Å². The molecule has 2 rings (SSSR count). The van der Waals surface area contributed by atoms with Crippen molar-refractivity contribution in [1.29, 1.82) is 0 Å². The SMILES string of the molecule is CC(CN1CCOCC1)NC(=O)c1cccc(S)c1. The van der Waals surface area contributed by atoms with Crippen LogP contribution in [-0.4, -0.2) is 49.7 Å². The lowest BCUT2D eigenvalue weighted by Gasteiger charge is -2.29. The minimum absolute atomic E-state index is 0.0448. The molecule has 1 amide bonds. The quantitative estimate of drug-likeness (QED) is 0.820. The van der Waals surface area contributed by atoms with Crippen molar-refractivity contribution in [2.45, 2.75) is 17.9 Å². The van der Waals surface area contributed by atoms with Gasteiger partial charge in [-0.05, 0) is 25.1 Å². The van der Waals surface area contributed by atoms with Crippen LogP contribution in [-0.2, 0) is 4.74 Å². The van der Waals surface area contributed by atoms with Crippen LogP contribution in [0.2, 0.25) is 0 Å². The summed E-state index contributed by atoms with van der Waals surface area (Å²) < 4.78 is 5.31. The summed E-state index contributed by atoms with van der Waals surface area (Å²) in [4.78, 5) is 15.2. The van der Waals surface area contributed by atoms with Crippen LogP contribution < -0.4 is 5.32 Å². The maximum atomic E-state index is 12.1. The number of carbonyl (C=O) groups excluding carboxylic acids is 1.